The third-order valence-corrected chi connectivity index (χ3v) is 3.20. The van der Waals surface area contributed by atoms with E-state index in [0.717, 1.165) is 5.56 Å². The molecule has 0 aliphatic carbocycles. The number of ether oxygens (including phenoxy) is 2. The highest BCUT2D eigenvalue weighted by Gasteiger charge is 2.38. The highest BCUT2D eigenvalue weighted by molar-refractivity contribution is 5.95. The molecule has 0 aliphatic heterocycles. The highest BCUT2D eigenvalue weighted by Crippen LogP contribution is 2.20. The van der Waals surface area contributed by atoms with Crippen LogP contribution in [0.5, 0.6) is 0 Å². The largest absolute Gasteiger partial charge is 0.465 e. The van der Waals surface area contributed by atoms with E-state index in [9.17, 15) is 19.7 Å². The number of esters is 2. The van der Waals surface area contributed by atoms with Gasteiger partial charge in [-0.3, -0.25) is 19.7 Å². The molecule has 0 fully saturated rings. The number of hydrogen-bond donors (Lipinski definition) is 0. The van der Waals surface area contributed by atoms with Gasteiger partial charge in [-0.15, -0.1) is 0 Å². The Morgan fingerprint density at radius 2 is 1.67 bits per heavy atom. The minimum Gasteiger partial charge on any atom is -0.465 e. The van der Waals surface area contributed by atoms with E-state index in [-0.39, 0.29) is 13.2 Å². The Morgan fingerprint density at radius 1 is 1.12 bits per heavy atom. The maximum Gasteiger partial charge on any atom is 0.321 e. The van der Waals surface area contributed by atoms with Crippen LogP contribution in [0, 0.1) is 22.0 Å². The van der Waals surface area contributed by atoms with Crippen molar-refractivity contribution in [1.82, 2.24) is 0 Å². The van der Waals surface area contributed by atoms with Crippen LogP contribution in [0.2, 0.25) is 0 Å². The second-order valence-corrected chi connectivity index (χ2v) is 4.93. The molecule has 0 bridgehead atoms. The van der Waals surface area contributed by atoms with Gasteiger partial charge in [0, 0.05) is 4.92 Å². The molecule has 130 valence electrons. The van der Waals surface area contributed by atoms with E-state index < -0.39 is 35.2 Å². The van der Waals surface area contributed by atoms with Crippen LogP contribution in [-0.2, 0) is 19.1 Å². The van der Waals surface area contributed by atoms with Gasteiger partial charge < -0.3 is 9.47 Å². The van der Waals surface area contributed by atoms with Crippen molar-refractivity contribution in [2.45, 2.75) is 13.8 Å². The van der Waals surface area contributed by atoms with Gasteiger partial charge in [0.25, 0.3) is 0 Å². The van der Waals surface area contributed by atoms with Crippen LogP contribution in [0.25, 0.3) is 6.08 Å². The van der Waals surface area contributed by atoms with Crippen molar-refractivity contribution in [3.05, 3.63) is 52.1 Å². The molecule has 0 saturated carbocycles. The summed E-state index contributed by atoms with van der Waals surface area (Å²) in [5, 5.41) is 11.0. The molecule has 1 aromatic rings. The number of benzene rings is 1. The lowest BCUT2D eigenvalue weighted by molar-refractivity contribution is -0.486. The first-order chi connectivity index (χ1) is 11.5. The van der Waals surface area contributed by atoms with Gasteiger partial charge in [-0.2, -0.15) is 0 Å². The van der Waals surface area contributed by atoms with Gasteiger partial charge in [0.15, 0.2) is 5.92 Å². The molecular weight excluding hydrogens is 314 g/mol. The van der Waals surface area contributed by atoms with Gasteiger partial charge in [-0.05, 0) is 19.4 Å². The Balaban J connectivity index is 3.10. The molecule has 1 aromatic carbocycles. The van der Waals surface area contributed by atoms with Crippen molar-refractivity contribution in [2.75, 3.05) is 19.8 Å². The molecule has 0 N–H and O–H groups in total. The lowest BCUT2D eigenvalue weighted by atomic mass is 9.91. The lowest BCUT2D eigenvalue weighted by Gasteiger charge is -2.18. The average Bonchev–Trinajstić information content (AvgIpc) is 2.53. The molecule has 24 heavy (non-hydrogen) atoms. The van der Waals surface area contributed by atoms with Crippen LogP contribution < -0.4 is 0 Å². The SMILES string of the molecule is CCOC(=O)C(C(=O)OCC)C(/C=C/c1ccccc1)C[N+](=O)[O-]. The number of carbonyl (C=O) groups excluding carboxylic acids is 2. The normalized spacial score (nSPS) is 12.1. The van der Waals surface area contributed by atoms with Crippen LogP contribution >= 0.6 is 0 Å². The number of nitro groups is 1. The van der Waals surface area contributed by atoms with E-state index in [1.807, 2.05) is 30.3 Å². The fraction of sp³-hybridized carbons (Fsp3) is 0.412. The molecule has 1 rings (SSSR count). The minimum absolute atomic E-state index is 0.0717. The Morgan fingerprint density at radius 3 is 2.12 bits per heavy atom. The number of carbonyl (C=O) groups is 2. The molecule has 7 nitrogen and oxygen atoms in total. The fourth-order valence-corrected chi connectivity index (χ4v) is 2.16. The molecule has 7 heteroatoms. The Labute approximate surface area is 140 Å². The quantitative estimate of drug-likeness (QED) is 0.297. The summed E-state index contributed by atoms with van der Waals surface area (Å²) in [5.41, 5.74) is 0.803. The molecule has 0 saturated heterocycles. The van der Waals surface area contributed by atoms with E-state index in [2.05, 4.69) is 0 Å². The Kier molecular flexibility index (Phi) is 8.18. The van der Waals surface area contributed by atoms with Crippen LogP contribution in [-0.4, -0.2) is 36.6 Å². The smallest absolute Gasteiger partial charge is 0.321 e. The van der Waals surface area contributed by atoms with Crippen molar-refractivity contribution in [3.63, 3.8) is 0 Å². The lowest BCUT2D eigenvalue weighted by Crippen LogP contribution is -2.36. The predicted molar refractivity (Wildman–Crippen MR) is 87.6 cm³/mol. The monoisotopic (exact) mass is 335 g/mol. The summed E-state index contributed by atoms with van der Waals surface area (Å²) in [6.45, 7) is 2.77. The standard InChI is InChI=1S/C17H21NO6/c1-3-23-16(19)15(17(20)24-4-2)14(12-18(21)22)11-10-13-8-6-5-7-9-13/h5-11,14-15H,3-4,12H2,1-2H3/b11-10+. The van der Waals surface area contributed by atoms with Gasteiger partial charge >= 0.3 is 11.9 Å². The van der Waals surface area contributed by atoms with Crippen LogP contribution in [0.15, 0.2) is 36.4 Å². The van der Waals surface area contributed by atoms with Gasteiger partial charge in [-0.1, -0.05) is 42.5 Å². The van der Waals surface area contributed by atoms with Crippen molar-refractivity contribution in [3.8, 4) is 0 Å². The number of hydrogen-bond acceptors (Lipinski definition) is 6. The summed E-state index contributed by atoms with van der Waals surface area (Å²) in [6.07, 6.45) is 3.12. The molecule has 0 aromatic heterocycles. The van der Waals surface area contributed by atoms with E-state index in [1.54, 1.807) is 19.9 Å². The third kappa shape index (κ3) is 6.20. The zero-order valence-electron chi connectivity index (χ0n) is 13.7. The Hall–Kier alpha value is -2.70. The first kappa shape index (κ1) is 19.3. The number of rotatable bonds is 9. The molecule has 1 unspecified atom stereocenters. The van der Waals surface area contributed by atoms with Crippen molar-refractivity contribution >= 4 is 18.0 Å². The zero-order valence-corrected chi connectivity index (χ0v) is 13.7. The second-order valence-electron chi connectivity index (χ2n) is 4.93. The summed E-state index contributed by atoms with van der Waals surface area (Å²) < 4.78 is 9.78. The van der Waals surface area contributed by atoms with Crippen LogP contribution in [0.3, 0.4) is 0 Å². The van der Waals surface area contributed by atoms with Crippen LogP contribution in [0.1, 0.15) is 19.4 Å². The second kappa shape index (κ2) is 10.1. The third-order valence-electron chi connectivity index (χ3n) is 3.20. The summed E-state index contributed by atoms with van der Waals surface area (Å²) in [4.78, 5) is 34.6. The molecule has 1 atom stereocenters. The van der Waals surface area contributed by atoms with Crippen molar-refractivity contribution in [1.29, 1.82) is 0 Å². The van der Waals surface area contributed by atoms with Crippen LogP contribution in [0.4, 0.5) is 0 Å². The summed E-state index contributed by atoms with van der Waals surface area (Å²) in [7, 11) is 0. The highest BCUT2D eigenvalue weighted by atomic mass is 16.6. The van der Waals surface area contributed by atoms with E-state index in [1.165, 1.54) is 6.08 Å². The molecule has 0 amide bonds. The first-order valence-electron chi connectivity index (χ1n) is 7.67. The van der Waals surface area contributed by atoms with Crippen molar-refractivity contribution in [2.24, 2.45) is 11.8 Å². The summed E-state index contributed by atoms with van der Waals surface area (Å²) in [5.74, 6) is -3.96. The van der Waals surface area contributed by atoms with E-state index in [0.29, 0.717) is 0 Å². The van der Waals surface area contributed by atoms with E-state index in [4.69, 9.17) is 9.47 Å². The molecule has 0 radical (unpaired) electrons. The fourth-order valence-electron chi connectivity index (χ4n) is 2.16. The molecule has 0 heterocycles. The predicted octanol–water partition coefficient (Wildman–Crippen LogP) is 2.34. The molecule has 0 spiro atoms. The summed E-state index contributed by atoms with van der Waals surface area (Å²) in [6, 6.07) is 9.09. The zero-order chi connectivity index (χ0) is 17.9. The summed E-state index contributed by atoms with van der Waals surface area (Å²) >= 11 is 0. The molecular formula is C17H21NO6. The van der Waals surface area contributed by atoms with Gasteiger partial charge in [0.1, 0.15) is 0 Å². The maximum atomic E-state index is 12.1. The first-order valence-corrected chi connectivity index (χ1v) is 7.67. The number of nitrogens with zero attached hydrogens (tertiary/aromatic N) is 1. The maximum absolute atomic E-state index is 12.1. The van der Waals surface area contributed by atoms with Gasteiger partial charge in [0.2, 0.25) is 6.54 Å². The van der Waals surface area contributed by atoms with Gasteiger partial charge in [0.05, 0.1) is 19.1 Å². The average molecular weight is 335 g/mol. The Bertz CT molecular complexity index is 566. The minimum atomic E-state index is -1.37. The van der Waals surface area contributed by atoms with Crippen molar-refractivity contribution < 1.29 is 24.0 Å². The topological polar surface area (TPSA) is 95.7 Å². The molecule has 0 aliphatic rings. The van der Waals surface area contributed by atoms with Gasteiger partial charge in [-0.25, -0.2) is 0 Å². The van der Waals surface area contributed by atoms with E-state index >= 15 is 0 Å².